The van der Waals surface area contributed by atoms with Gasteiger partial charge in [-0.2, -0.15) is 0 Å². The van der Waals surface area contributed by atoms with Crippen molar-refractivity contribution in [3.63, 3.8) is 0 Å². The van der Waals surface area contributed by atoms with Crippen LogP contribution in [0.5, 0.6) is 0 Å². The third-order valence-corrected chi connectivity index (χ3v) is 14.0. The molecule has 3 aliphatic heterocycles. The summed E-state index contributed by atoms with van der Waals surface area (Å²) in [6.07, 6.45) is 7.49. The molecule has 7 rings (SSSR count). The van der Waals surface area contributed by atoms with Gasteiger partial charge in [-0.3, -0.25) is 0 Å². The van der Waals surface area contributed by atoms with Gasteiger partial charge in [0.05, 0.1) is 17.3 Å². The number of piperidine rings is 1. The molecule has 0 radical (unpaired) electrons. The summed E-state index contributed by atoms with van der Waals surface area (Å²) in [5.74, 6) is 1.01. The molecule has 3 heterocycles. The molecule has 250 valence electrons. The average molecular weight is 653 g/mol. The van der Waals surface area contributed by atoms with Crippen molar-refractivity contribution in [1.82, 2.24) is 15.1 Å². The summed E-state index contributed by atoms with van der Waals surface area (Å²) in [5.41, 5.74) is 1.94. The Balaban J connectivity index is 1.03. The van der Waals surface area contributed by atoms with E-state index in [1.54, 1.807) is 24.3 Å². The molecule has 1 amide bonds. The number of sulfone groups is 1. The molecular weight excluding hydrogens is 603 g/mol. The number of carbonyl (C=O) groups is 1. The van der Waals surface area contributed by atoms with Gasteiger partial charge in [-0.15, -0.1) is 0 Å². The van der Waals surface area contributed by atoms with Crippen LogP contribution in [0.3, 0.4) is 0 Å². The second kappa shape index (κ2) is 13.1. The molecule has 0 unspecified atom stereocenters. The molecule has 2 aromatic rings. The van der Waals surface area contributed by atoms with Crippen LogP contribution >= 0.6 is 0 Å². The van der Waals surface area contributed by atoms with Crippen molar-refractivity contribution in [2.75, 3.05) is 64.4 Å². The van der Waals surface area contributed by atoms with Gasteiger partial charge >= 0.3 is 6.09 Å². The van der Waals surface area contributed by atoms with Gasteiger partial charge in [-0.05, 0) is 125 Å². The number of hydrogen-bond acceptors (Lipinski definition) is 7. The maximum Gasteiger partial charge on any atom is 0.407 e. The molecule has 0 spiro atoms. The Morgan fingerprint density at radius 1 is 0.935 bits per heavy atom. The Bertz CT molecular complexity index is 1480. The number of halogens is 1. The van der Waals surface area contributed by atoms with Gasteiger partial charge in [0.25, 0.3) is 0 Å². The molecule has 8 nitrogen and oxygen atoms in total. The Labute approximate surface area is 273 Å². The van der Waals surface area contributed by atoms with Gasteiger partial charge in [0, 0.05) is 49.2 Å². The Morgan fingerprint density at radius 3 is 2.30 bits per heavy atom. The summed E-state index contributed by atoms with van der Waals surface area (Å²) in [6, 6.07) is 14.8. The highest BCUT2D eigenvalue weighted by Crippen LogP contribution is 2.51. The fraction of sp³-hybridized carbons (Fsp3) is 0.639. The number of likely N-dealkylation sites (tertiary alicyclic amines) is 2. The van der Waals surface area contributed by atoms with Crippen LogP contribution in [0.15, 0.2) is 53.4 Å². The number of carbonyl (C=O) groups excluding carboxylic acids is 1. The molecule has 3 saturated heterocycles. The van der Waals surface area contributed by atoms with Crippen LogP contribution in [0.4, 0.5) is 14.9 Å². The number of rotatable bonds is 11. The summed E-state index contributed by atoms with van der Waals surface area (Å²) >= 11 is 0. The van der Waals surface area contributed by atoms with E-state index in [4.69, 9.17) is 4.74 Å². The van der Waals surface area contributed by atoms with Gasteiger partial charge in [-0.25, -0.2) is 17.6 Å². The van der Waals surface area contributed by atoms with Gasteiger partial charge in [-0.1, -0.05) is 18.6 Å². The fourth-order valence-electron chi connectivity index (χ4n) is 9.05. The lowest BCUT2D eigenvalue weighted by Gasteiger charge is -2.54. The first-order valence-electron chi connectivity index (χ1n) is 17.4. The van der Waals surface area contributed by atoms with E-state index in [9.17, 15) is 17.6 Å². The van der Waals surface area contributed by atoms with E-state index < -0.39 is 9.84 Å². The van der Waals surface area contributed by atoms with E-state index in [2.05, 4.69) is 26.1 Å². The largest absolute Gasteiger partial charge is 0.453 e. The zero-order valence-corrected chi connectivity index (χ0v) is 27.9. The van der Waals surface area contributed by atoms with E-state index in [-0.39, 0.29) is 34.5 Å². The smallest absolute Gasteiger partial charge is 0.407 e. The highest BCUT2D eigenvalue weighted by atomic mass is 32.2. The number of alkyl carbamates (subject to hydrolysis) is 1. The topological polar surface area (TPSA) is 82.2 Å². The van der Waals surface area contributed by atoms with Crippen molar-refractivity contribution in [2.24, 2.45) is 17.8 Å². The second-order valence-electron chi connectivity index (χ2n) is 14.5. The Morgan fingerprint density at radius 2 is 1.67 bits per heavy atom. The number of amides is 1. The van der Waals surface area contributed by atoms with Crippen LogP contribution in [-0.2, 0) is 20.0 Å². The van der Waals surface area contributed by atoms with Gasteiger partial charge in [0.1, 0.15) is 5.82 Å². The normalized spacial score (nSPS) is 26.3. The Hall–Kier alpha value is -2.69. The van der Waals surface area contributed by atoms with Crippen molar-refractivity contribution in [3.05, 3.63) is 59.9 Å². The molecule has 5 fully saturated rings. The number of hydrogen-bond donors (Lipinski definition) is 1. The van der Waals surface area contributed by atoms with Crippen LogP contribution in [-0.4, -0.2) is 95.1 Å². The minimum Gasteiger partial charge on any atom is -0.453 e. The highest BCUT2D eigenvalue weighted by Gasteiger charge is 2.53. The molecule has 1 N–H and O–H groups in total. The van der Waals surface area contributed by atoms with E-state index in [0.29, 0.717) is 16.7 Å². The molecule has 5 aliphatic rings. The lowest BCUT2D eigenvalue weighted by Crippen LogP contribution is -2.60. The number of ether oxygens (including phenoxy) is 1. The Kier molecular flexibility index (Phi) is 9.06. The SMILES string of the molecule is COC(=O)N[C@H]1CCC[C@@H]1[C@](CN1CCC1)(c1cccc(F)c1)C1CCN(CC2CN(c3ccc(S(=O)(=O)C4CC4)cc3)C2)CC1. The van der Waals surface area contributed by atoms with Crippen molar-refractivity contribution in [1.29, 1.82) is 0 Å². The molecular formula is C36H49FN4O4S. The van der Waals surface area contributed by atoms with Gasteiger partial charge in [0.2, 0.25) is 0 Å². The summed E-state index contributed by atoms with van der Waals surface area (Å²) in [6.45, 7) is 8.14. The maximum absolute atomic E-state index is 14.9. The van der Waals surface area contributed by atoms with Crippen molar-refractivity contribution in [3.8, 4) is 0 Å². The molecule has 10 heteroatoms. The first-order chi connectivity index (χ1) is 22.3. The minimum atomic E-state index is -3.15. The summed E-state index contributed by atoms with van der Waals surface area (Å²) in [5, 5.41) is 3.01. The predicted molar refractivity (Wildman–Crippen MR) is 177 cm³/mol. The number of methoxy groups -OCH3 is 1. The molecule has 0 bridgehead atoms. The number of nitrogens with one attached hydrogen (secondary N) is 1. The molecule has 2 aromatic carbocycles. The number of benzene rings is 2. The van der Waals surface area contributed by atoms with Crippen molar-refractivity contribution < 1.29 is 22.3 Å². The van der Waals surface area contributed by atoms with E-state index in [1.165, 1.54) is 13.5 Å². The third kappa shape index (κ3) is 6.29. The zero-order valence-electron chi connectivity index (χ0n) is 27.1. The minimum absolute atomic E-state index is 0.0128. The number of anilines is 1. The third-order valence-electron chi connectivity index (χ3n) is 11.7. The first-order valence-corrected chi connectivity index (χ1v) is 18.9. The monoisotopic (exact) mass is 652 g/mol. The predicted octanol–water partition coefficient (Wildman–Crippen LogP) is 5.08. The maximum atomic E-state index is 14.9. The van der Waals surface area contributed by atoms with Crippen LogP contribution in [0, 0.1) is 23.6 Å². The van der Waals surface area contributed by atoms with Crippen LogP contribution in [0.25, 0.3) is 0 Å². The molecule has 46 heavy (non-hydrogen) atoms. The molecule has 0 aromatic heterocycles. The summed E-state index contributed by atoms with van der Waals surface area (Å²) in [4.78, 5) is 20.4. The highest BCUT2D eigenvalue weighted by molar-refractivity contribution is 7.92. The standard InChI is InChI=1S/C36H49FN4O4S/c1-45-35(42)38-34-8-3-7-33(34)36(25-40-17-4-18-40,28-5-2-6-29(37)21-28)27-15-19-39(20-16-27)22-26-23-41(24-26)30-9-11-31(12-10-30)46(43,44)32-13-14-32/h2,5-6,9-12,21,26-27,32-34H,3-4,7-8,13-20,22-25H2,1H3,(H,38,42)/t33-,34-,36-/m0/s1. The number of nitrogens with zero attached hydrogens (tertiary/aromatic N) is 3. The zero-order chi connectivity index (χ0) is 31.9. The van der Waals surface area contributed by atoms with E-state index >= 15 is 0 Å². The average Bonchev–Trinajstić information content (AvgIpc) is 3.79. The fourth-order valence-corrected chi connectivity index (χ4v) is 10.7. The quantitative estimate of drug-likeness (QED) is 0.363. The van der Waals surface area contributed by atoms with Crippen molar-refractivity contribution in [2.45, 2.75) is 73.0 Å². The van der Waals surface area contributed by atoms with E-state index in [0.717, 1.165) is 109 Å². The van der Waals surface area contributed by atoms with Gasteiger partial charge < -0.3 is 24.8 Å². The summed E-state index contributed by atoms with van der Waals surface area (Å²) < 4.78 is 45.1. The second-order valence-corrected chi connectivity index (χ2v) is 16.8. The molecule has 3 atom stereocenters. The lowest BCUT2D eigenvalue weighted by atomic mass is 9.57. The van der Waals surface area contributed by atoms with Crippen LogP contribution in [0.1, 0.15) is 56.9 Å². The van der Waals surface area contributed by atoms with Crippen LogP contribution in [0.2, 0.25) is 0 Å². The first kappa shape index (κ1) is 31.9. The van der Waals surface area contributed by atoms with Crippen LogP contribution < -0.4 is 10.2 Å². The summed E-state index contributed by atoms with van der Waals surface area (Å²) in [7, 11) is -1.73. The molecule has 2 aliphatic carbocycles. The van der Waals surface area contributed by atoms with Crippen molar-refractivity contribution >= 4 is 21.6 Å². The van der Waals surface area contributed by atoms with E-state index in [1.807, 2.05) is 18.2 Å². The molecule has 2 saturated carbocycles. The van der Waals surface area contributed by atoms with Gasteiger partial charge in [0.15, 0.2) is 9.84 Å². The lowest BCUT2D eigenvalue weighted by molar-refractivity contribution is 0.0223.